The minimum absolute atomic E-state index is 0.000991. The fourth-order valence-corrected chi connectivity index (χ4v) is 5.47. The van der Waals surface area contributed by atoms with Gasteiger partial charge in [-0.05, 0) is 49.9 Å². The topological polar surface area (TPSA) is 58.6 Å². The lowest BCUT2D eigenvalue weighted by molar-refractivity contribution is -0.0257. The van der Waals surface area contributed by atoms with Gasteiger partial charge in [0.25, 0.3) is 0 Å². The normalized spacial score (nSPS) is 23.7. The minimum atomic E-state index is -0.000991. The van der Waals surface area contributed by atoms with Crippen molar-refractivity contribution in [3.8, 4) is 34.5 Å². The highest BCUT2D eigenvalue weighted by molar-refractivity contribution is 5.60. The van der Waals surface area contributed by atoms with Crippen LogP contribution in [0.3, 0.4) is 0 Å². The molecule has 1 saturated heterocycles. The van der Waals surface area contributed by atoms with Gasteiger partial charge in [-0.2, -0.15) is 0 Å². The fraction of sp³-hybridized carbons (Fsp3) is 0.538. The Kier molecular flexibility index (Phi) is 6.15. The molecule has 0 spiro atoms. The summed E-state index contributed by atoms with van der Waals surface area (Å²) in [6.07, 6.45) is 3.38. The smallest absolute Gasteiger partial charge is 0.231 e. The Labute approximate surface area is 195 Å². The average Bonchev–Trinajstić information content (AvgIpc) is 3.53. The predicted octanol–water partition coefficient (Wildman–Crippen LogP) is 4.80. The molecule has 7 heteroatoms. The van der Waals surface area contributed by atoms with Gasteiger partial charge in [0.05, 0.1) is 20.8 Å². The second kappa shape index (κ2) is 9.21. The van der Waals surface area contributed by atoms with Gasteiger partial charge in [0.1, 0.15) is 5.75 Å². The van der Waals surface area contributed by atoms with Crippen molar-refractivity contribution in [2.24, 2.45) is 5.92 Å². The Bertz CT molecular complexity index is 978. The third-order valence-corrected chi connectivity index (χ3v) is 6.98. The van der Waals surface area contributed by atoms with Crippen molar-refractivity contribution in [3.63, 3.8) is 0 Å². The quantitative estimate of drug-likeness (QED) is 0.594. The molecular formula is C26H33NO6. The van der Waals surface area contributed by atoms with Crippen LogP contribution in [-0.4, -0.2) is 51.8 Å². The van der Waals surface area contributed by atoms with Crippen molar-refractivity contribution >= 4 is 0 Å². The van der Waals surface area contributed by atoms with Crippen LogP contribution in [0.15, 0.2) is 24.3 Å². The summed E-state index contributed by atoms with van der Waals surface area (Å²) in [6.45, 7) is 7.08. The van der Waals surface area contributed by atoms with Crippen LogP contribution < -0.4 is 28.4 Å². The molecule has 2 aromatic rings. The van der Waals surface area contributed by atoms with Gasteiger partial charge in [0.15, 0.2) is 29.2 Å². The molecule has 3 aliphatic rings. The molecule has 1 fully saturated rings. The number of likely N-dealkylation sites (tertiary alicyclic amines) is 1. The Morgan fingerprint density at radius 2 is 1.58 bits per heavy atom. The maximum absolute atomic E-state index is 6.67. The van der Waals surface area contributed by atoms with E-state index < -0.39 is 0 Å². The molecule has 0 aliphatic carbocycles. The first-order chi connectivity index (χ1) is 16.2. The lowest BCUT2D eigenvalue weighted by atomic mass is 9.75. The van der Waals surface area contributed by atoms with Gasteiger partial charge in [-0.25, -0.2) is 0 Å². The SMILES string of the molecule is CCOc1c(OC)cc(C2c3cc4c(cc3OC(N3CCCC3)C2CC)OCO4)cc1OC. The molecule has 2 aromatic carbocycles. The van der Waals surface area contributed by atoms with E-state index in [1.54, 1.807) is 14.2 Å². The first-order valence-corrected chi connectivity index (χ1v) is 11.9. The molecule has 0 amide bonds. The molecule has 0 saturated carbocycles. The summed E-state index contributed by atoms with van der Waals surface area (Å²) in [4.78, 5) is 2.48. The third-order valence-electron chi connectivity index (χ3n) is 6.98. The van der Waals surface area contributed by atoms with Crippen LogP contribution in [0.1, 0.15) is 50.2 Å². The van der Waals surface area contributed by atoms with E-state index in [9.17, 15) is 0 Å². The standard InChI is InChI=1S/C26H33NO6/c1-5-17-24(16-11-22(28-3)25(30-6-2)23(12-16)29-4)18-13-20-21(32-15-31-20)14-19(18)33-26(17)27-9-7-8-10-27/h11-14,17,24,26H,5-10,15H2,1-4H3. The first kappa shape index (κ1) is 22.0. The first-order valence-electron chi connectivity index (χ1n) is 11.9. The van der Waals surface area contributed by atoms with Gasteiger partial charge >= 0.3 is 0 Å². The van der Waals surface area contributed by atoms with Crippen molar-refractivity contribution in [3.05, 3.63) is 35.4 Å². The van der Waals surface area contributed by atoms with Crippen molar-refractivity contribution < 1.29 is 28.4 Å². The molecule has 0 bridgehead atoms. The summed E-state index contributed by atoms with van der Waals surface area (Å²) < 4.78 is 35.4. The highest BCUT2D eigenvalue weighted by atomic mass is 16.7. The lowest BCUT2D eigenvalue weighted by Crippen LogP contribution is -2.47. The maximum atomic E-state index is 6.67. The maximum Gasteiger partial charge on any atom is 0.231 e. The van der Waals surface area contributed by atoms with Crippen LogP contribution in [0.5, 0.6) is 34.5 Å². The Morgan fingerprint density at radius 1 is 0.909 bits per heavy atom. The Hall–Kier alpha value is -2.80. The van der Waals surface area contributed by atoms with Gasteiger partial charge in [-0.3, -0.25) is 4.90 Å². The van der Waals surface area contributed by atoms with E-state index >= 15 is 0 Å². The molecule has 3 unspecified atom stereocenters. The van der Waals surface area contributed by atoms with E-state index in [0.717, 1.165) is 47.9 Å². The number of methoxy groups -OCH3 is 2. The molecular weight excluding hydrogens is 422 g/mol. The largest absolute Gasteiger partial charge is 0.493 e. The highest BCUT2D eigenvalue weighted by Gasteiger charge is 2.43. The Morgan fingerprint density at radius 3 is 2.18 bits per heavy atom. The summed E-state index contributed by atoms with van der Waals surface area (Å²) >= 11 is 0. The summed E-state index contributed by atoms with van der Waals surface area (Å²) in [5.41, 5.74) is 2.22. The zero-order chi connectivity index (χ0) is 22.9. The number of rotatable bonds is 7. The van der Waals surface area contributed by atoms with E-state index in [1.165, 1.54) is 12.8 Å². The lowest BCUT2D eigenvalue weighted by Gasteiger charge is -2.43. The van der Waals surface area contributed by atoms with E-state index in [2.05, 4.69) is 30.0 Å². The summed E-state index contributed by atoms with van der Waals surface area (Å²) in [5, 5.41) is 0. The van der Waals surface area contributed by atoms with Crippen LogP contribution >= 0.6 is 0 Å². The van der Waals surface area contributed by atoms with Gasteiger partial charge in [-0.15, -0.1) is 0 Å². The summed E-state index contributed by atoms with van der Waals surface area (Å²) in [7, 11) is 3.34. The van der Waals surface area contributed by atoms with Gasteiger partial charge in [0.2, 0.25) is 12.5 Å². The summed E-state index contributed by atoms with van der Waals surface area (Å²) in [5.74, 6) is 4.68. The van der Waals surface area contributed by atoms with Crippen LogP contribution in [-0.2, 0) is 0 Å². The second-order valence-electron chi connectivity index (χ2n) is 8.73. The monoisotopic (exact) mass is 455 g/mol. The molecule has 3 aliphatic heterocycles. The van der Waals surface area contributed by atoms with E-state index in [4.69, 9.17) is 28.4 Å². The molecule has 33 heavy (non-hydrogen) atoms. The van der Waals surface area contributed by atoms with Crippen molar-refractivity contribution in [2.75, 3.05) is 40.7 Å². The van der Waals surface area contributed by atoms with Gasteiger partial charge in [-0.1, -0.05) is 6.92 Å². The number of benzene rings is 2. The van der Waals surface area contributed by atoms with Gasteiger partial charge < -0.3 is 28.4 Å². The minimum Gasteiger partial charge on any atom is -0.493 e. The molecule has 0 aromatic heterocycles. The fourth-order valence-electron chi connectivity index (χ4n) is 5.47. The zero-order valence-electron chi connectivity index (χ0n) is 19.9. The third kappa shape index (κ3) is 3.82. The molecule has 3 heterocycles. The van der Waals surface area contributed by atoms with Crippen molar-refractivity contribution in [1.82, 2.24) is 4.90 Å². The molecule has 5 rings (SSSR count). The van der Waals surface area contributed by atoms with Crippen molar-refractivity contribution in [1.29, 1.82) is 0 Å². The van der Waals surface area contributed by atoms with Crippen LogP contribution in [0.4, 0.5) is 0 Å². The summed E-state index contributed by atoms with van der Waals surface area (Å²) in [6, 6.07) is 8.24. The second-order valence-corrected chi connectivity index (χ2v) is 8.73. The molecule has 0 radical (unpaired) electrons. The van der Waals surface area contributed by atoms with Gasteiger partial charge in [0, 0.05) is 36.6 Å². The zero-order valence-corrected chi connectivity index (χ0v) is 19.9. The number of ether oxygens (including phenoxy) is 6. The highest BCUT2D eigenvalue weighted by Crippen LogP contribution is 2.52. The average molecular weight is 456 g/mol. The number of nitrogens with zero attached hydrogens (tertiary/aromatic N) is 1. The molecule has 0 N–H and O–H groups in total. The van der Waals surface area contributed by atoms with E-state index in [-0.39, 0.29) is 24.9 Å². The number of hydrogen-bond donors (Lipinski definition) is 0. The van der Waals surface area contributed by atoms with Crippen LogP contribution in [0.25, 0.3) is 0 Å². The molecule has 7 nitrogen and oxygen atoms in total. The van der Waals surface area contributed by atoms with Crippen LogP contribution in [0.2, 0.25) is 0 Å². The van der Waals surface area contributed by atoms with E-state index in [0.29, 0.717) is 23.9 Å². The van der Waals surface area contributed by atoms with Crippen molar-refractivity contribution in [2.45, 2.75) is 45.3 Å². The predicted molar refractivity (Wildman–Crippen MR) is 124 cm³/mol. The van der Waals surface area contributed by atoms with E-state index in [1.807, 2.05) is 13.0 Å². The van der Waals surface area contributed by atoms with Crippen LogP contribution in [0, 0.1) is 5.92 Å². The molecule has 178 valence electrons. The number of fused-ring (bicyclic) bond motifs is 2. The Balaban J connectivity index is 1.67. The number of hydrogen-bond acceptors (Lipinski definition) is 7. The molecule has 3 atom stereocenters.